The summed E-state index contributed by atoms with van der Waals surface area (Å²) in [6.07, 6.45) is 2.92. The summed E-state index contributed by atoms with van der Waals surface area (Å²) < 4.78 is 6.86. The highest BCUT2D eigenvalue weighted by Crippen LogP contribution is 2.54. The number of hydrogen-bond donors (Lipinski definition) is 0. The van der Waals surface area contributed by atoms with E-state index in [1.54, 1.807) is 16.3 Å². The molecule has 2 aromatic rings. The summed E-state index contributed by atoms with van der Waals surface area (Å²) in [7, 11) is 0. The molecular formula is C17H18Cl2N2O2S. The Morgan fingerprint density at radius 2 is 2.17 bits per heavy atom. The molecule has 2 atom stereocenters. The monoisotopic (exact) mass is 384 g/mol. The van der Waals surface area contributed by atoms with Crippen LogP contribution in [0.15, 0.2) is 34.2 Å². The second-order valence-corrected chi connectivity index (χ2v) is 8.96. The van der Waals surface area contributed by atoms with E-state index in [9.17, 15) is 4.79 Å². The van der Waals surface area contributed by atoms with Gasteiger partial charge in [-0.15, -0.1) is 23.2 Å². The van der Waals surface area contributed by atoms with Gasteiger partial charge >= 0.3 is 0 Å². The number of alkyl halides is 2. The van der Waals surface area contributed by atoms with Crippen LogP contribution in [0.4, 0.5) is 0 Å². The van der Waals surface area contributed by atoms with Crippen molar-refractivity contribution >= 4 is 45.9 Å². The Morgan fingerprint density at radius 1 is 1.38 bits per heavy atom. The Kier molecular flexibility index (Phi) is 4.54. The first-order chi connectivity index (χ1) is 11.5. The number of ether oxygens (including phenoxy) is 1. The standard InChI is InChI=1S/C17H18Cl2N2O2S/c18-17(19)8-11(17)10-24-16-20-14-6-2-1-5-13(14)15(22)21(16)9-12-4-3-7-23-12/h1-2,5-6,11-12H,3-4,7-10H2/t11-,12-/m1/s1. The molecule has 1 aliphatic heterocycles. The molecule has 4 nitrogen and oxygen atoms in total. The van der Waals surface area contributed by atoms with Gasteiger partial charge in [-0.2, -0.15) is 0 Å². The van der Waals surface area contributed by atoms with Crippen LogP contribution in [-0.2, 0) is 11.3 Å². The van der Waals surface area contributed by atoms with Gasteiger partial charge in [-0.05, 0) is 31.4 Å². The van der Waals surface area contributed by atoms with Crippen LogP contribution in [0.25, 0.3) is 10.9 Å². The van der Waals surface area contributed by atoms with Crippen molar-refractivity contribution in [2.24, 2.45) is 5.92 Å². The number of rotatable bonds is 5. The van der Waals surface area contributed by atoms with E-state index in [1.807, 2.05) is 24.3 Å². The maximum atomic E-state index is 12.9. The Labute approximate surface area is 154 Å². The van der Waals surface area contributed by atoms with Gasteiger partial charge in [-0.1, -0.05) is 23.9 Å². The maximum Gasteiger partial charge on any atom is 0.262 e. The van der Waals surface area contributed by atoms with Crippen LogP contribution in [0.1, 0.15) is 19.3 Å². The molecule has 0 amide bonds. The fourth-order valence-corrected chi connectivity index (χ4v) is 4.97. The van der Waals surface area contributed by atoms with Crippen molar-refractivity contribution in [1.29, 1.82) is 0 Å². The largest absolute Gasteiger partial charge is 0.376 e. The van der Waals surface area contributed by atoms with Gasteiger partial charge in [0, 0.05) is 18.3 Å². The Hall–Kier alpha value is -0.750. The SMILES string of the molecule is O=c1c2ccccc2nc(SC[C@H]2CC2(Cl)Cl)n1C[C@H]1CCCO1. The van der Waals surface area contributed by atoms with Crippen LogP contribution >= 0.6 is 35.0 Å². The number of nitrogens with zero attached hydrogens (tertiary/aromatic N) is 2. The first-order valence-corrected chi connectivity index (χ1v) is 9.90. The van der Waals surface area contributed by atoms with E-state index >= 15 is 0 Å². The third-order valence-corrected chi connectivity index (χ3v) is 6.67. The van der Waals surface area contributed by atoms with Gasteiger partial charge in [0.25, 0.3) is 5.56 Å². The number of halogens is 2. The van der Waals surface area contributed by atoms with E-state index in [1.165, 1.54) is 0 Å². The first-order valence-electron chi connectivity index (χ1n) is 8.16. The molecule has 0 radical (unpaired) electrons. The Balaban J connectivity index is 1.67. The lowest BCUT2D eigenvalue weighted by molar-refractivity contribution is 0.0937. The summed E-state index contributed by atoms with van der Waals surface area (Å²) in [6.45, 7) is 1.32. The van der Waals surface area contributed by atoms with Gasteiger partial charge < -0.3 is 4.74 Å². The molecule has 4 rings (SSSR count). The second-order valence-electron chi connectivity index (χ2n) is 6.44. The van der Waals surface area contributed by atoms with Crippen LogP contribution in [0, 0.1) is 5.92 Å². The van der Waals surface area contributed by atoms with Gasteiger partial charge in [0.2, 0.25) is 0 Å². The van der Waals surface area contributed by atoms with Crippen LogP contribution in [-0.4, -0.2) is 32.3 Å². The molecule has 1 saturated heterocycles. The lowest BCUT2D eigenvalue weighted by Gasteiger charge is -2.16. The molecule has 1 aliphatic carbocycles. The molecule has 2 fully saturated rings. The van der Waals surface area contributed by atoms with Gasteiger partial charge in [0.05, 0.1) is 23.6 Å². The average molecular weight is 385 g/mol. The maximum absolute atomic E-state index is 12.9. The first kappa shape index (κ1) is 16.7. The molecule has 2 heterocycles. The van der Waals surface area contributed by atoms with Crippen LogP contribution in [0.2, 0.25) is 0 Å². The number of aromatic nitrogens is 2. The predicted octanol–water partition coefficient (Wildman–Crippen LogP) is 3.86. The van der Waals surface area contributed by atoms with Gasteiger partial charge in [0.1, 0.15) is 4.33 Å². The minimum atomic E-state index is -0.608. The van der Waals surface area contributed by atoms with E-state index < -0.39 is 4.33 Å². The van der Waals surface area contributed by atoms with E-state index in [0.717, 1.165) is 42.3 Å². The van der Waals surface area contributed by atoms with Gasteiger partial charge in [0.15, 0.2) is 5.16 Å². The lowest BCUT2D eigenvalue weighted by atomic mass is 10.2. The van der Waals surface area contributed by atoms with Crippen molar-refractivity contribution in [3.63, 3.8) is 0 Å². The molecule has 24 heavy (non-hydrogen) atoms. The molecule has 0 N–H and O–H groups in total. The summed E-state index contributed by atoms with van der Waals surface area (Å²) in [5.74, 6) is 1.02. The normalized spacial score (nSPS) is 25.2. The van der Waals surface area contributed by atoms with Crippen LogP contribution < -0.4 is 5.56 Å². The molecule has 128 valence electrons. The van der Waals surface area contributed by atoms with E-state index in [-0.39, 0.29) is 17.6 Å². The predicted molar refractivity (Wildman–Crippen MR) is 98.2 cm³/mol. The minimum Gasteiger partial charge on any atom is -0.376 e. The highest BCUT2D eigenvalue weighted by Gasteiger charge is 2.51. The molecule has 1 aromatic heterocycles. The summed E-state index contributed by atoms with van der Waals surface area (Å²) >= 11 is 13.8. The summed E-state index contributed by atoms with van der Waals surface area (Å²) in [6, 6.07) is 7.47. The van der Waals surface area contributed by atoms with Crippen molar-refractivity contribution in [3.05, 3.63) is 34.6 Å². The quantitative estimate of drug-likeness (QED) is 0.445. The molecule has 0 bridgehead atoms. The van der Waals surface area contributed by atoms with Gasteiger partial charge in [-0.3, -0.25) is 9.36 Å². The lowest BCUT2D eigenvalue weighted by Crippen LogP contribution is -2.29. The number of para-hydroxylation sites is 1. The fourth-order valence-electron chi connectivity index (χ4n) is 3.04. The number of thioether (sulfide) groups is 1. The summed E-state index contributed by atoms with van der Waals surface area (Å²) in [5, 5.41) is 1.38. The molecule has 0 unspecified atom stereocenters. The molecule has 1 saturated carbocycles. The van der Waals surface area contributed by atoms with Crippen molar-refractivity contribution in [2.45, 2.75) is 41.4 Å². The zero-order chi connectivity index (χ0) is 16.7. The zero-order valence-corrected chi connectivity index (χ0v) is 15.4. The van der Waals surface area contributed by atoms with Crippen LogP contribution in [0.3, 0.4) is 0 Å². The zero-order valence-electron chi connectivity index (χ0n) is 13.1. The third-order valence-electron chi connectivity index (χ3n) is 4.61. The molecule has 2 aliphatic rings. The minimum absolute atomic E-state index is 0.00240. The molecular weight excluding hydrogens is 367 g/mol. The smallest absolute Gasteiger partial charge is 0.262 e. The van der Waals surface area contributed by atoms with Crippen LogP contribution in [0.5, 0.6) is 0 Å². The molecule has 0 spiro atoms. The van der Waals surface area contributed by atoms with Crippen molar-refractivity contribution in [1.82, 2.24) is 9.55 Å². The van der Waals surface area contributed by atoms with E-state index in [0.29, 0.717) is 11.9 Å². The topological polar surface area (TPSA) is 44.1 Å². The number of hydrogen-bond acceptors (Lipinski definition) is 4. The fraction of sp³-hybridized carbons (Fsp3) is 0.529. The summed E-state index contributed by atoms with van der Waals surface area (Å²) in [5.41, 5.74) is 0.727. The van der Waals surface area contributed by atoms with E-state index in [2.05, 4.69) is 0 Å². The average Bonchev–Trinajstić information content (AvgIpc) is 2.96. The Morgan fingerprint density at radius 3 is 2.88 bits per heavy atom. The van der Waals surface area contributed by atoms with Crippen molar-refractivity contribution < 1.29 is 4.74 Å². The molecule has 1 aromatic carbocycles. The number of fused-ring (bicyclic) bond motifs is 1. The Bertz CT molecular complexity index is 818. The third kappa shape index (κ3) is 3.32. The van der Waals surface area contributed by atoms with Crippen molar-refractivity contribution in [2.75, 3.05) is 12.4 Å². The number of benzene rings is 1. The van der Waals surface area contributed by atoms with Crippen molar-refractivity contribution in [3.8, 4) is 0 Å². The molecule has 7 heteroatoms. The van der Waals surface area contributed by atoms with E-state index in [4.69, 9.17) is 32.9 Å². The second kappa shape index (κ2) is 6.52. The van der Waals surface area contributed by atoms with Gasteiger partial charge in [-0.25, -0.2) is 4.98 Å². The highest BCUT2D eigenvalue weighted by atomic mass is 35.5. The highest BCUT2D eigenvalue weighted by molar-refractivity contribution is 7.99. The summed E-state index contributed by atoms with van der Waals surface area (Å²) in [4.78, 5) is 17.6.